The molecule has 0 radical (unpaired) electrons. The molecule has 2 rings (SSSR count). The number of alkyl halides is 1. The molecule has 6 heteroatoms. The summed E-state index contributed by atoms with van der Waals surface area (Å²) in [6.45, 7) is 3.85. The summed E-state index contributed by atoms with van der Waals surface area (Å²) in [5, 5.41) is 0.630. The van der Waals surface area contributed by atoms with E-state index in [9.17, 15) is 12.8 Å². The first-order valence-electron chi connectivity index (χ1n) is 7.22. The molecular weight excluding hydrogens is 357 g/mol. The molecule has 0 aromatic heterocycles. The van der Waals surface area contributed by atoms with Gasteiger partial charge < -0.3 is 0 Å². The monoisotopic (exact) mass is 377 g/mol. The van der Waals surface area contributed by atoms with Crippen molar-refractivity contribution < 1.29 is 12.8 Å². The number of hydrogen-bond donors (Lipinski definition) is 0. The summed E-state index contributed by atoms with van der Waals surface area (Å²) in [6, 6.07) is 2.56. The van der Waals surface area contributed by atoms with Crippen molar-refractivity contribution in [3.8, 4) is 0 Å². The molecule has 1 aromatic carbocycles. The first kappa shape index (κ1) is 16.9. The molecule has 1 unspecified atom stereocenters. The van der Waals surface area contributed by atoms with Gasteiger partial charge in [-0.2, -0.15) is 4.31 Å². The smallest absolute Gasteiger partial charge is 0.207 e. The van der Waals surface area contributed by atoms with Crippen LogP contribution in [0.1, 0.15) is 36.8 Å². The van der Waals surface area contributed by atoms with Crippen LogP contribution in [0.25, 0.3) is 0 Å². The van der Waals surface area contributed by atoms with E-state index in [1.54, 1.807) is 18.2 Å². The molecule has 0 amide bonds. The lowest BCUT2D eigenvalue weighted by Gasteiger charge is -2.29. The maximum absolute atomic E-state index is 13.4. The lowest BCUT2D eigenvalue weighted by molar-refractivity contribution is 0.347. The van der Waals surface area contributed by atoms with Gasteiger partial charge in [0.2, 0.25) is 10.0 Å². The molecule has 1 aliphatic heterocycles. The van der Waals surface area contributed by atoms with E-state index in [4.69, 9.17) is 0 Å². The second-order valence-corrected chi connectivity index (χ2v) is 8.12. The van der Waals surface area contributed by atoms with Gasteiger partial charge >= 0.3 is 0 Å². The van der Waals surface area contributed by atoms with Crippen LogP contribution in [0.2, 0.25) is 0 Å². The number of aryl methyl sites for hydroxylation is 2. The number of benzene rings is 1. The highest BCUT2D eigenvalue weighted by atomic mass is 79.9. The van der Waals surface area contributed by atoms with E-state index in [1.165, 1.54) is 12.1 Å². The van der Waals surface area contributed by atoms with Gasteiger partial charge in [0.15, 0.2) is 0 Å². The normalized spacial score (nSPS) is 21.2. The predicted octanol–water partition coefficient (Wildman–Crippen LogP) is 3.77. The van der Waals surface area contributed by atoms with Gasteiger partial charge in [-0.3, -0.25) is 0 Å². The van der Waals surface area contributed by atoms with Crippen molar-refractivity contribution in [1.82, 2.24) is 4.31 Å². The highest BCUT2D eigenvalue weighted by Gasteiger charge is 2.33. The van der Waals surface area contributed by atoms with Gasteiger partial charge in [-0.15, -0.1) is 0 Å². The van der Waals surface area contributed by atoms with E-state index in [1.807, 2.05) is 0 Å². The van der Waals surface area contributed by atoms with Crippen LogP contribution in [0.5, 0.6) is 0 Å². The second kappa shape index (κ2) is 6.75. The van der Waals surface area contributed by atoms with Crippen molar-refractivity contribution in [2.75, 3.05) is 11.9 Å². The highest BCUT2D eigenvalue weighted by molar-refractivity contribution is 9.09. The van der Waals surface area contributed by atoms with Crippen LogP contribution >= 0.6 is 15.9 Å². The number of rotatable bonds is 3. The Kier molecular flexibility index (Phi) is 5.43. The van der Waals surface area contributed by atoms with Crippen molar-refractivity contribution >= 4 is 26.0 Å². The van der Waals surface area contributed by atoms with Gasteiger partial charge in [0.1, 0.15) is 5.82 Å². The third-order valence-corrected chi connectivity index (χ3v) is 7.00. The summed E-state index contributed by atoms with van der Waals surface area (Å²) < 4.78 is 41.1. The SMILES string of the molecule is Cc1cc(F)cc(C)c1S(=O)(=O)N1CCCCCC1CBr. The fourth-order valence-corrected chi connectivity index (χ4v) is 6.02. The molecule has 1 fully saturated rings. The van der Waals surface area contributed by atoms with Crippen molar-refractivity contribution in [3.05, 3.63) is 29.1 Å². The number of sulfonamides is 1. The van der Waals surface area contributed by atoms with Crippen LogP contribution in [-0.4, -0.2) is 30.6 Å². The van der Waals surface area contributed by atoms with Gasteiger partial charge in [-0.05, 0) is 49.9 Å². The van der Waals surface area contributed by atoms with Crippen LogP contribution in [0.15, 0.2) is 17.0 Å². The van der Waals surface area contributed by atoms with E-state index in [0.717, 1.165) is 25.7 Å². The average molecular weight is 378 g/mol. The van der Waals surface area contributed by atoms with Crippen LogP contribution in [0.4, 0.5) is 4.39 Å². The molecule has 1 heterocycles. The lowest BCUT2D eigenvalue weighted by Crippen LogP contribution is -2.41. The molecule has 3 nitrogen and oxygen atoms in total. The van der Waals surface area contributed by atoms with Crippen molar-refractivity contribution in [2.45, 2.75) is 50.5 Å². The Balaban J connectivity index is 2.50. The third-order valence-electron chi connectivity index (χ3n) is 3.99. The minimum absolute atomic E-state index is 0.0265. The summed E-state index contributed by atoms with van der Waals surface area (Å²) >= 11 is 3.43. The summed E-state index contributed by atoms with van der Waals surface area (Å²) in [7, 11) is -3.59. The quantitative estimate of drug-likeness (QED) is 0.751. The van der Waals surface area contributed by atoms with E-state index in [-0.39, 0.29) is 10.9 Å². The lowest BCUT2D eigenvalue weighted by atomic mass is 10.1. The topological polar surface area (TPSA) is 37.4 Å². The van der Waals surface area contributed by atoms with Crippen molar-refractivity contribution in [3.63, 3.8) is 0 Å². The molecule has 118 valence electrons. The van der Waals surface area contributed by atoms with Crippen LogP contribution in [-0.2, 0) is 10.0 Å². The minimum Gasteiger partial charge on any atom is -0.207 e. The first-order valence-corrected chi connectivity index (χ1v) is 9.78. The number of halogens is 2. The number of nitrogens with zero attached hydrogens (tertiary/aromatic N) is 1. The Morgan fingerprint density at radius 3 is 2.43 bits per heavy atom. The summed E-state index contributed by atoms with van der Waals surface area (Å²) in [4.78, 5) is 0.261. The van der Waals surface area contributed by atoms with E-state index in [2.05, 4.69) is 15.9 Å². The zero-order valence-corrected chi connectivity index (χ0v) is 14.8. The molecule has 0 spiro atoms. The molecule has 1 atom stereocenters. The molecule has 0 aliphatic carbocycles. The third kappa shape index (κ3) is 3.48. The Morgan fingerprint density at radius 1 is 1.24 bits per heavy atom. The maximum atomic E-state index is 13.4. The Bertz CT molecular complexity index is 595. The molecule has 0 saturated carbocycles. The molecule has 1 aliphatic rings. The average Bonchev–Trinajstić information content (AvgIpc) is 2.62. The van der Waals surface area contributed by atoms with Crippen LogP contribution in [0, 0.1) is 19.7 Å². The summed E-state index contributed by atoms with van der Waals surface area (Å²) in [6.07, 6.45) is 3.84. The second-order valence-electron chi connectivity index (χ2n) is 5.64. The van der Waals surface area contributed by atoms with E-state index >= 15 is 0 Å². The molecule has 1 saturated heterocycles. The fourth-order valence-electron chi connectivity index (χ4n) is 3.04. The summed E-state index contributed by atoms with van der Waals surface area (Å²) in [5.74, 6) is -0.392. The largest absolute Gasteiger partial charge is 0.243 e. The number of hydrogen-bond acceptors (Lipinski definition) is 2. The van der Waals surface area contributed by atoms with Gasteiger partial charge in [0, 0.05) is 17.9 Å². The Morgan fingerprint density at radius 2 is 1.86 bits per heavy atom. The van der Waals surface area contributed by atoms with Gasteiger partial charge in [0.05, 0.1) is 4.90 Å². The first-order chi connectivity index (χ1) is 9.87. The molecule has 21 heavy (non-hydrogen) atoms. The fraction of sp³-hybridized carbons (Fsp3) is 0.600. The predicted molar refractivity (Wildman–Crippen MR) is 85.8 cm³/mol. The highest BCUT2D eigenvalue weighted by Crippen LogP contribution is 2.30. The molecule has 0 bridgehead atoms. The van der Waals surface area contributed by atoms with Gasteiger partial charge in [-0.1, -0.05) is 28.8 Å². The maximum Gasteiger partial charge on any atom is 0.243 e. The van der Waals surface area contributed by atoms with E-state index < -0.39 is 15.8 Å². The Hall–Kier alpha value is -0.460. The standard InChI is InChI=1S/C15H21BrFNO2S/c1-11-8-13(17)9-12(2)15(11)21(19,20)18-7-5-3-4-6-14(18)10-16/h8-9,14H,3-7,10H2,1-2H3. The molecule has 1 aromatic rings. The van der Waals surface area contributed by atoms with Crippen LogP contribution in [0.3, 0.4) is 0 Å². The van der Waals surface area contributed by atoms with E-state index in [0.29, 0.717) is 23.0 Å². The van der Waals surface area contributed by atoms with Crippen molar-refractivity contribution in [2.24, 2.45) is 0 Å². The van der Waals surface area contributed by atoms with Gasteiger partial charge in [-0.25, -0.2) is 12.8 Å². The summed E-state index contributed by atoms with van der Waals surface area (Å²) in [5.41, 5.74) is 0.954. The Labute approximate surface area is 134 Å². The van der Waals surface area contributed by atoms with Crippen molar-refractivity contribution in [1.29, 1.82) is 0 Å². The zero-order valence-electron chi connectivity index (χ0n) is 12.4. The molecular formula is C15H21BrFNO2S. The van der Waals surface area contributed by atoms with Gasteiger partial charge in [0.25, 0.3) is 0 Å². The minimum atomic E-state index is -3.59. The van der Waals surface area contributed by atoms with Crippen LogP contribution < -0.4 is 0 Å². The zero-order chi connectivity index (χ0) is 15.6. The molecule has 0 N–H and O–H groups in total.